The van der Waals surface area contributed by atoms with E-state index in [2.05, 4.69) is 5.32 Å². The Bertz CT molecular complexity index is 1020. The number of imide groups is 1. The van der Waals surface area contributed by atoms with Crippen LogP contribution in [0.4, 0.5) is 23.7 Å². The summed E-state index contributed by atoms with van der Waals surface area (Å²) in [4.78, 5) is 40.8. The average molecular weight is 446 g/mol. The molecule has 2 heterocycles. The summed E-state index contributed by atoms with van der Waals surface area (Å²) in [5.41, 5.74) is 0.985. The summed E-state index contributed by atoms with van der Waals surface area (Å²) in [6.45, 7) is 1.75. The third-order valence-corrected chi connectivity index (χ3v) is 5.58. The van der Waals surface area contributed by atoms with Gasteiger partial charge in [-0.15, -0.1) is 0 Å². The highest BCUT2D eigenvalue weighted by Gasteiger charge is 2.31. The minimum atomic E-state index is -4.40. The van der Waals surface area contributed by atoms with Crippen LogP contribution in [0.1, 0.15) is 21.5 Å². The fourth-order valence-corrected chi connectivity index (χ4v) is 3.78. The van der Waals surface area contributed by atoms with Crippen molar-refractivity contribution in [2.45, 2.75) is 12.7 Å². The van der Waals surface area contributed by atoms with Gasteiger partial charge in [-0.1, -0.05) is 18.2 Å². The van der Waals surface area contributed by atoms with Gasteiger partial charge in [0.05, 0.1) is 18.7 Å². The highest BCUT2D eigenvalue weighted by Crippen LogP contribution is 2.32. The first kappa shape index (κ1) is 21.7. The first-order valence-corrected chi connectivity index (χ1v) is 10.1. The first-order chi connectivity index (χ1) is 15.2. The second-order valence-electron chi connectivity index (χ2n) is 7.66. The highest BCUT2D eigenvalue weighted by molar-refractivity contribution is 6.01. The van der Waals surface area contributed by atoms with Gasteiger partial charge < -0.3 is 15.1 Å². The van der Waals surface area contributed by atoms with Crippen LogP contribution in [0.15, 0.2) is 48.5 Å². The second kappa shape index (κ2) is 8.52. The summed E-state index contributed by atoms with van der Waals surface area (Å²) in [6, 6.07) is 11.4. The molecular formula is C22H21F3N4O3. The predicted octanol–water partition coefficient (Wildman–Crippen LogP) is 2.72. The van der Waals surface area contributed by atoms with Crippen molar-refractivity contribution in [3.63, 3.8) is 0 Å². The number of benzene rings is 2. The Balaban J connectivity index is 1.35. The van der Waals surface area contributed by atoms with E-state index in [1.165, 1.54) is 6.07 Å². The molecule has 0 aliphatic carbocycles. The van der Waals surface area contributed by atoms with E-state index < -0.39 is 17.8 Å². The number of hydrogen-bond donors (Lipinski definition) is 1. The molecule has 2 fully saturated rings. The number of urea groups is 1. The average Bonchev–Trinajstić information content (AvgIpc) is 3.11. The molecule has 0 bridgehead atoms. The molecule has 2 aromatic carbocycles. The van der Waals surface area contributed by atoms with Crippen LogP contribution >= 0.6 is 0 Å². The standard InChI is InChI=1S/C22H21F3N4O3/c23-22(24,25)17-2-1-3-18(12-17)27-8-10-28(11-9-27)20(31)16-6-4-15(5-7-16)14-29-19(30)13-26-21(29)32/h1-7,12H,8-11,13-14H2,(H,26,32). The van der Waals surface area contributed by atoms with Gasteiger partial charge in [-0.05, 0) is 35.9 Å². The summed E-state index contributed by atoms with van der Waals surface area (Å²) in [5.74, 6) is -0.468. The van der Waals surface area contributed by atoms with Crippen LogP contribution in [0.2, 0.25) is 0 Å². The summed E-state index contributed by atoms with van der Waals surface area (Å²) >= 11 is 0. The number of amides is 4. The lowest BCUT2D eigenvalue weighted by atomic mass is 10.1. The van der Waals surface area contributed by atoms with E-state index in [4.69, 9.17) is 0 Å². The molecule has 7 nitrogen and oxygen atoms in total. The number of carbonyl (C=O) groups is 3. The minimum Gasteiger partial charge on any atom is -0.368 e. The molecule has 10 heteroatoms. The van der Waals surface area contributed by atoms with Gasteiger partial charge >= 0.3 is 12.2 Å². The van der Waals surface area contributed by atoms with Crippen LogP contribution in [-0.4, -0.2) is 60.4 Å². The Morgan fingerprint density at radius 1 is 0.969 bits per heavy atom. The maximum absolute atomic E-state index is 13.0. The smallest absolute Gasteiger partial charge is 0.368 e. The van der Waals surface area contributed by atoms with Gasteiger partial charge in [0.25, 0.3) is 5.91 Å². The lowest BCUT2D eigenvalue weighted by Crippen LogP contribution is -2.48. The maximum Gasteiger partial charge on any atom is 0.416 e. The van der Waals surface area contributed by atoms with Crippen LogP contribution in [-0.2, 0) is 17.5 Å². The largest absolute Gasteiger partial charge is 0.416 e. The monoisotopic (exact) mass is 446 g/mol. The van der Waals surface area contributed by atoms with E-state index in [1.807, 2.05) is 4.90 Å². The number of nitrogens with zero attached hydrogens (tertiary/aromatic N) is 3. The highest BCUT2D eigenvalue weighted by atomic mass is 19.4. The number of hydrogen-bond acceptors (Lipinski definition) is 4. The fourth-order valence-electron chi connectivity index (χ4n) is 3.78. The van der Waals surface area contributed by atoms with Crippen molar-refractivity contribution in [2.24, 2.45) is 0 Å². The van der Waals surface area contributed by atoms with Crippen LogP contribution < -0.4 is 10.2 Å². The van der Waals surface area contributed by atoms with Crippen LogP contribution in [0.5, 0.6) is 0 Å². The van der Waals surface area contributed by atoms with Crippen molar-refractivity contribution >= 4 is 23.5 Å². The molecule has 168 valence electrons. The molecule has 4 amide bonds. The zero-order valence-electron chi connectivity index (χ0n) is 17.1. The summed E-state index contributed by atoms with van der Waals surface area (Å²) < 4.78 is 38.9. The molecule has 0 spiro atoms. The van der Waals surface area contributed by atoms with Crippen molar-refractivity contribution in [1.29, 1.82) is 0 Å². The quantitative estimate of drug-likeness (QED) is 0.734. The summed E-state index contributed by atoms with van der Waals surface area (Å²) in [7, 11) is 0. The second-order valence-corrected chi connectivity index (χ2v) is 7.66. The number of nitrogens with one attached hydrogen (secondary N) is 1. The minimum absolute atomic E-state index is 0.0120. The summed E-state index contributed by atoms with van der Waals surface area (Å²) in [6.07, 6.45) is -4.40. The molecule has 32 heavy (non-hydrogen) atoms. The van der Waals surface area contributed by atoms with E-state index in [0.717, 1.165) is 22.6 Å². The van der Waals surface area contributed by atoms with Gasteiger partial charge in [-0.25, -0.2) is 4.79 Å². The van der Waals surface area contributed by atoms with Gasteiger partial charge in [0.2, 0.25) is 5.91 Å². The van der Waals surface area contributed by atoms with Gasteiger partial charge in [0.15, 0.2) is 0 Å². The van der Waals surface area contributed by atoms with E-state index in [0.29, 0.717) is 37.4 Å². The van der Waals surface area contributed by atoms with E-state index in [1.54, 1.807) is 35.2 Å². The molecule has 2 aliphatic rings. The van der Waals surface area contributed by atoms with Gasteiger partial charge in [-0.2, -0.15) is 13.2 Å². The Morgan fingerprint density at radius 2 is 1.66 bits per heavy atom. The zero-order valence-corrected chi connectivity index (χ0v) is 17.1. The lowest BCUT2D eigenvalue weighted by Gasteiger charge is -2.36. The molecular weight excluding hydrogens is 425 g/mol. The third kappa shape index (κ3) is 4.53. The Kier molecular flexibility index (Phi) is 5.77. The molecule has 0 saturated carbocycles. The van der Waals surface area contributed by atoms with Crippen molar-refractivity contribution in [2.75, 3.05) is 37.6 Å². The number of alkyl halides is 3. The summed E-state index contributed by atoms with van der Waals surface area (Å²) in [5, 5.41) is 2.45. The topological polar surface area (TPSA) is 73.0 Å². The first-order valence-electron chi connectivity index (χ1n) is 10.1. The number of rotatable bonds is 4. The zero-order chi connectivity index (χ0) is 22.9. The van der Waals surface area contributed by atoms with Crippen LogP contribution in [0.3, 0.4) is 0 Å². The van der Waals surface area contributed by atoms with Crippen molar-refractivity contribution in [1.82, 2.24) is 15.1 Å². The molecule has 4 rings (SSSR count). The van der Waals surface area contributed by atoms with Crippen molar-refractivity contribution < 1.29 is 27.6 Å². The SMILES string of the molecule is O=C(c1ccc(CN2C(=O)CNC2=O)cc1)N1CCN(c2cccc(C(F)(F)F)c2)CC1. The van der Waals surface area contributed by atoms with Crippen LogP contribution in [0, 0.1) is 0 Å². The van der Waals surface area contributed by atoms with Gasteiger partial charge in [0, 0.05) is 37.4 Å². The number of carbonyl (C=O) groups excluding carboxylic acids is 3. The Hall–Kier alpha value is -3.56. The Morgan fingerprint density at radius 3 is 2.25 bits per heavy atom. The third-order valence-electron chi connectivity index (χ3n) is 5.58. The van der Waals surface area contributed by atoms with Gasteiger partial charge in [-0.3, -0.25) is 14.5 Å². The fraction of sp³-hybridized carbons (Fsp3) is 0.318. The normalized spacial score (nSPS) is 17.0. The van der Waals surface area contributed by atoms with E-state index >= 15 is 0 Å². The van der Waals surface area contributed by atoms with Crippen LogP contribution in [0.25, 0.3) is 0 Å². The van der Waals surface area contributed by atoms with Crippen molar-refractivity contribution in [3.05, 3.63) is 65.2 Å². The molecule has 2 aliphatic heterocycles. The number of piperazine rings is 1. The molecule has 2 aromatic rings. The molecule has 2 saturated heterocycles. The van der Waals surface area contributed by atoms with Crippen molar-refractivity contribution in [3.8, 4) is 0 Å². The van der Waals surface area contributed by atoms with Gasteiger partial charge in [0.1, 0.15) is 0 Å². The number of halogens is 3. The molecule has 1 N–H and O–H groups in total. The predicted molar refractivity (Wildman–Crippen MR) is 110 cm³/mol. The maximum atomic E-state index is 13.0. The number of anilines is 1. The Labute approximate surface area is 182 Å². The molecule has 0 aromatic heterocycles. The molecule has 0 atom stereocenters. The van der Waals surface area contributed by atoms with E-state index in [-0.39, 0.29) is 24.9 Å². The van der Waals surface area contributed by atoms with E-state index in [9.17, 15) is 27.6 Å². The molecule has 0 radical (unpaired) electrons. The lowest BCUT2D eigenvalue weighted by molar-refractivity contribution is -0.137. The molecule has 0 unspecified atom stereocenters.